The minimum absolute atomic E-state index is 0. The number of rotatable bonds is 7. The molecule has 170 valence electrons. The third-order valence-electron chi connectivity index (χ3n) is 4.91. The molecule has 2 aromatic rings. The Hall–Kier alpha value is -1.85. The van der Waals surface area contributed by atoms with Gasteiger partial charge in [0, 0.05) is 32.1 Å². The number of ether oxygens (including phenoxy) is 1. The van der Waals surface area contributed by atoms with Gasteiger partial charge < -0.3 is 15.4 Å². The first-order valence-corrected chi connectivity index (χ1v) is 11.7. The molecule has 0 aromatic heterocycles. The molecule has 1 aliphatic rings. The summed E-state index contributed by atoms with van der Waals surface area (Å²) >= 11 is 0. The second-order valence-electron chi connectivity index (χ2n) is 7.93. The van der Waals surface area contributed by atoms with Crippen molar-refractivity contribution in [2.24, 2.45) is 4.99 Å². The zero-order chi connectivity index (χ0) is 21.6. The van der Waals surface area contributed by atoms with Crippen LogP contribution in [0.3, 0.4) is 0 Å². The summed E-state index contributed by atoms with van der Waals surface area (Å²) in [6.45, 7) is 4.64. The van der Waals surface area contributed by atoms with Crippen molar-refractivity contribution in [2.75, 3.05) is 19.3 Å². The molecule has 0 bridgehead atoms. The van der Waals surface area contributed by atoms with Gasteiger partial charge in [-0.25, -0.2) is 13.1 Å². The molecule has 0 saturated heterocycles. The SMILES string of the molecule is CN=C(NCCS(=O)(=O)NCc1ccccc1)NC1CC(C)(C)Oc2ccccc21.I. The van der Waals surface area contributed by atoms with Crippen LogP contribution in [-0.2, 0) is 16.6 Å². The number of aliphatic imine (C=N–C) groups is 1. The van der Waals surface area contributed by atoms with E-state index in [1.54, 1.807) is 7.05 Å². The summed E-state index contributed by atoms with van der Waals surface area (Å²) in [4.78, 5) is 4.25. The number of sulfonamides is 1. The summed E-state index contributed by atoms with van der Waals surface area (Å²) in [7, 11) is -1.72. The molecule has 7 nitrogen and oxygen atoms in total. The molecule has 1 atom stereocenters. The van der Waals surface area contributed by atoms with Gasteiger partial charge in [-0.05, 0) is 25.5 Å². The van der Waals surface area contributed by atoms with Crippen molar-refractivity contribution in [1.29, 1.82) is 0 Å². The summed E-state index contributed by atoms with van der Waals surface area (Å²) in [6.07, 6.45) is 0.766. The Morgan fingerprint density at radius 1 is 1.13 bits per heavy atom. The molecule has 0 fully saturated rings. The highest BCUT2D eigenvalue weighted by atomic mass is 127. The maximum atomic E-state index is 12.3. The fourth-order valence-corrected chi connectivity index (χ4v) is 4.36. The molecule has 1 aliphatic heterocycles. The number of hydrogen-bond donors (Lipinski definition) is 3. The standard InChI is InChI=1S/C22H30N4O3S.HI/c1-22(2)15-19(18-11-7-8-12-20(18)29-22)26-21(23-3)24-13-14-30(27,28)25-16-17-9-5-4-6-10-17;/h4-12,19,25H,13-16H2,1-3H3,(H2,23,24,26);1H. The van der Waals surface area contributed by atoms with E-state index in [0.717, 1.165) is 23.3 Å². The smallest absolute Gasteiger partial charge is 0.213 e. The highest BCUT2D eigenvalue weighted by Gasteiger charge is 2.33. The molecule has 0 saturated carbocycles. The lowest BCUT2D eigenvalue weighted by Gasteiger charge is -2.38. The number of guanidine groups is 1. The van der Waals surface area contributed by atoms with Gasteiger partial charge in [0.2, 0.25) is 10.0 Å². The molecule has 3 N–H and O–H groups in total. The van der Waals surface area contributed by atoms with Crippen LogP contribution in [0.1, 0.15) is 37.4 Å². The second kappa shape index (κ2) is 11.1. The van der Waals surface area contributed by atoms with E-state index >= 15 is 0 Å². The molecule has 1 heterocycles. The van der Waals surface area contributed by atoms with Gasteiger partial charge in [-0.1, -0.05) is 48.5 Å². The molecule has 31 heavy (non-hydrogen) atoms. The van der Waals surface area contributed by atoms with Gasteiger partial charge in [0.15, 0.2) is 5.96 Å². The molecule has 0 spiro atoms. The molecule has 0 aliphatic carbocycles. The van der Waals surface area contributed by atoms with E-state index < -0.39 is 10.0 Å². The zero-order valence-electron chi connectivity index (χ0n) is 18.1. The molecular formula is C22H31IN4O3S. The summed E-state index contributed by atoms with van der Waals surface area (Å²) in [5.74, 6) is 1.37. The number of halogens is 1. The molecule has 2 aromatic carbocycles. The van der Waals surface area contributed by atoms with Crippen molar-refractivity contribution >= 4 is 40.0 Å². The fraction of sp³-hybridized carbons (Fsp3) is 0.409. The van der Waals surface area contributed by atoms with Crippen LogP contribution < -0.4 is 20.1 Å². The summed E-state index contributed by atoms with van der Waals surface area (Å²) < 4.78 is 33.3. The molecule has 0 amide bonds. The second-order valence-corrected chi connectivity index (χ2v) is 9.85. The van der Waals surface area contributed by atoms with E-state index in [1.807, 2.05) is 54.6 Å². The summed E-state index contributed by atoms with van der Waals surface area (Å²) in [5.41, 5.74) is 1.68. The van der Waals surface area contributed by atoms with Gasteiger partial charge in [0.1, 0.15) is 11.4 Å². The predicted molar refractivity (Wildman–Crippen MR) is 135 cm³/mol. The normalized spacial score (nSPS) is 17.6. The lowest BCUT2D eigenvalue weighted by molar-refractivity contribution is 0.0694. The molecule has 9 heteroatoms. The van der Waals surface area contributed by atoms with Gasteiger partial charge in [0.05, 0.1) is 11.8 Å². The van der Waals surface area contributed by atoms with Crippen LogP contribution in [0.15, 0.2) is 59.6 Å². The average molecular weight is 558 g/mol. The zero-order valence-corrected chi connectivity index (χ0v) is 21.2. The van der Waals surface area contributed by atoms with E-state index in [9.17, 15) is 8.42 Å². The average Bonchev–Trinajstić information content (AvgIpc) is 2.71. The first kappa shape index (κ1) is 25.4. The lowest BCUT2D eigenvalue weighted by atomic mass is 9.90. The van der Waals surface area contributed by atoms with Crippen LogP contribution in [0.2, 0.25) is 0 Å². The van der Waals surface area contributed by atoms with E-state index in [1.165, 1.54) is 0 Å². The Labute approximate surface area is 202 Å². The number of nitrogens with one attached hydrogen (secondary N) is 3. The van der Waals surface area contributed by atoms with Crippen LogP contribution >= 0.6 is 24.0 Å². The monoisotopic (exact) mass is 558 g/mol. The first-order chi connectivity index (χ1) is 14.3. The number of fused-ring (bicyclic) bond motifs is 1. The maximum absolute atomic E-state index is 12.3. The maximum Gasteiger partial charge on any atom is 0.213 e. The Morgan fingerprint density at radius 3 is 2.52 bits per heavy atom. The fourth-order valence-electron chi connectivity index (χ4n) is 3.46. The van der Waals surface area contributed by atoms with Crippen molar-refractivity contribution in [3.8, 4) is 5.75 Å². The van der Waals surface area contributed by atoms with Crippen LogP contribution in [0.5, 0.6) is 5.75 Å². The van der Waals surface area contributed by atoms with Crippen molar-refractivity contribution in [2.45, 2.75) is 38.5 Å². The van der Waals surface area contributed by atoms with E-state index in [2.05, 4.69) is 34.2 Å². The topological polar surface area (TPSA) is 91.8 Å². The third kappa shape index (κ3) is 7.65. The quantitative estimate of drug-likeness (QED) is 0.276. The van der Waals surface area contributed by atoms with E-state index in [-0.39, 0.29) is 54.5 Å². The number of benzene rings is 2. The predicted octanol–water partition coefficient (Wildman–Crippen LogP) is 3.19. The van der Waals surface area contributed by atoms with Gasteiger partial charge in [-0.3, -0.25) is 4.99 Å². The van der Waals surface area contributed by atoms with Crippen molar-refractivity contribution < 1.29 is 13.2 Å². The van der Waals surface area contributed by atoms with Gasteiger partial charge in [-0.15, -0.1) is 24.0 Å². The third-order valence-corrected chi connectivity index (χ3v) is 6.24. The Kier molecular flexibility index (Phi) is 9.14. The Bertz CT molecular complexity index is 981. The van der Waals surface area contributed by atoms with Crippen LogP contribution in [0, 0.1) is 0 Å². The largest absolute Gasteiger partial charge is 0.487 e. The molecule has 1 unspecified atom stereocenters. The minimum Gasteiger partial charge on any atom is -0.487 e. The van der Waals surface area contributed by atoms with Crippen LogP contribution in [-0.4, -0.2) is 39.3 Å². The van der Waals surface area contributed by atoms with Crippen molar-refractivity contribution in [3.63, 3.8) is 0 Å². The first-order valence-electron chi connectivity index (χ1n) is 10.0. The van der Waals surface area contributed by atoms with Gasteiger partial charge in [-0.2, -0.15) is 0 Å². The van der Waals surface area contributed by atoms with E-state index in [4.69, 9.17) is 4.74 Å². The van der Waals surface area contributed by atoms with E-state index in [0.29, 0.717) is 5.96 Å². The van der Waals surface area contributed by atoms with Gasteiger partial charge in [0.25, 0.3) is 0 Å². The van der Waals surface area contributed by atoms with Crippen molar-refractivity contribution in [1.82, 2.24) is 15.4 Å². The summed E-state index contributed by atoms with van der Waals surface area (Å²) in [5, 5.41) is 6.51. The number of para-hydroxylation sites is 1. The molecule has 0 radical (unpaired) electrons. The lowest BCUT2D eigenvalue weighted by Crippen LogP contribution is -2.46. The Balaban J connectivity index is 0.00000341. The number of hydrogen-bond acceptors (Lipinski definition) is 4. The highest BCUT2D eigenvalue weighted by Crippen LogP contribution is 2.39. The van der Waals surface area contributed by atoms with Crippen molar-refractivity contribution in [3.05, 3.63) is 65.7 Å². The van der Waals surface area contributed by atoms with Crippen LogP contribution in [0.25, 0.3) is 0 Å². The number of nitrogens with zero attached hydrogens (tertiary/aromatic N) is 1. The summed E-state index contributed by atoms with van der Waals surface area (Å²) in [6, 6.07) is 17.4. The molecule has 3 rings (SSSR count). The molecular weight excluding hydrogens is 527 g/mol. The Morgan fingerprint density at radius 2 is 1.81 bits per heavy atom. The minimum atomic E-state index is -3.40. The van der Waals surface area contributed by atoms with Gasteiger partial charge >= 0.3 is 0 Å². The van der Waals surface area contributed by atoms with Crippen LogP contribution in [0.4, 0.5) is 0 Å². The highest BCUT2D eigenvalue weighted by molar-refractivity contribution is 14.0.